The third-order valence-corrected chi connectivity index (χ3v) is 4.36. The maximum absolute atomic E-state index is 10.1. The van der Waals surface area contributed by atoms with Gasteiger partial charge in [0.05, 0.1) is 12.1 Å². The first-order chi connectivity index (χ1) is 10.3. The first-order valence-corrected chi connectivity index (χ1v) is 7.28. The molecular formula is C12H26N4O6. The predicted octanol–water partition coefficient (Wildman–Crippen LogP) is -5.12. The summed E-state index contributed by atoms with van der Waals surface area (Å²) in [6.45, 7) is -0.0441. The molecule has 0 bridgehead atoms. The van der Waals surface area contributed by atoms with Gasteiger partial charge in [0.25, 0.3) is 0 Å². The van der Waals surface area contributed by atoms with Crippen molar-refractivity contribution in [3.63, 3.8) is 0 Å². The van der Waals surface area contributed by atoms with E-state index in [1.165, 1.54) is 0 Å². The minimum Gasteiger partial charge on any atom is -0.389 e. The summed E-state index contributed by atoms with van der Waals surface area (Å²) in [6, 6.07) is -2.34. The van der Waals surface area contributed by atoms with Gasteiger partial charge in [-0.15, -0.1) is 0 Å². The average molecular weight is 322 g/mol. The van der Waals surface area contributed by atoms with Crippen LogP contribution in [0.1, 0.15) is 6.42 Å². The molecule has 0 spiro atoms. The van der Waals surface area contributed by atoms with Gasteiger partial charge in [0.2, 0.25) is 0 Å². The Bertz CT molecular complexity index is 376. The Morgan fingerprint density at radius 1 is 0.909 bits per heavy atom. The summed E-state index contributed by atoms with van der Waals surface area (Å²) in [5.41, 5.74) is 22.8. The maximum Gasteiger partial charge on any atom is 0.176 e. The highest BCUT2D eigenvalue weighted by Crippen LogP contribution is 2.26. The number of nitrogens with two attached hydrogens (primary N) is 4. The zero-order valence-corrected chi connectivity index (χ0v) is 12.1. The summed E-state index contributed by atoms with van der Waals surface area (Å²) in [5.74, 6) is 0. The fourth-order valence-corrected chi connectivity index (χ4v) is 2.89. The summed E-state index contributed by atoms with van der Waals surface area (Å²) < 4.78 is 11.0. The van der Waals surface area contributed by atoms with Crippen LogP contribution >= 0.6 is 0 Å². The van der Waals surface area contributed by atoms with Crippen molar-refractivity contribution in [3.05, 3.63) is 0 Å². The Morgan fingerprint density at radius 2 is 1.55 bits per heavy atom. The van der Waals surface area contributed by atoms with Crippen molar-refractivity contribution in [1.29, 1.82) is 0 Å². The SMILES string of the molecule is NCC1O[C@H](O[C@@H]2C(N)CC(N)[C@H](O)C2O)[C@H](N)C(O)[C@@H]1O. The molecule has 1 aliphatic heterocycles. The van der Waals surface area contributed by atoms with Gasteiger partial charge in [0.15, 0.2) is 6.29 Å². The Morgan fingerprint density at radius 3 is 2.14 bits per heavy atom. The molecule has 2 fully saturated rings. The van der Waals surface area contributed by atoms with Gasteiger partial charge >= 0.3 is 0 Å². The minimum absolute atomic E-state index is 0.0441. The fraction of sp³-hybridized carbons (Fsp3) is 1.00. The minimum atomic E-state index is -1.31. The molecule has 5 unspecified atom stereocenters. The highest BCUT2D eigenvalue weighted by molar-refractivity contribution is 4.99. The molecule has 0 aromatic carbocycles. The molecule has 10 nitrogen and oxygen atoms in total. The molecule has 0 radical (unpaired) electrons. The summed E-state index contributed by atoms with van der Waals surface area (Å²) in [6.07, 6.45) is -7.73. The van der Waals surface area contributed by atoms with Gasteiger partial charge in [-0.3, -0.25) is 0 Å². The van der Waals surface area contributed by atoms with Crippen LogP contribution in [0.25, 0.3) is 0 Å². The third-order valence-electron chi connectivity index (χ3n) is 4.36. The van der Waals surface area contributed by atoms with E-state index in [1.54, 1.807) is 0 Å². The van der Waals surface area contributed by atoms with Crippen molar-refractivity contribution in [2.24, 2.45) is 22.9 Å². The largest absolute Gasteiger partial charge is 0.389 e. The summed E-state index contributed by atoms with van der Waals surface area (Å²) >= 11 is 0. The van der Waals surface area contributed by atoms with Crippen molar-refractivity contribution in [1.82, 2.24) is 0 Å². The van der Waals surface area contributed by atoms with E-state index in [0.29, 0.717) is 0 Å². The van der Waals surface area contributed by atoms with Crippen LogP contribution < -0.4 is 22.9 Å². The normalized spacial score (nSPS) is 53.5. The lowest BCUT2D eigenvalue weighted by Crippen LogP contribution is -2.67. The van der Waals surface area contributed by atoms with Gasteiger partial charge < -0.3 is 52.8 Å². The Kier molecular flexibility index (Phi) is 5.72. The van der Waals surface area contributed by atoms with E-state index in [4.69, 9.17) is 32.4 Å². The van der Waals surface area contributed by atoms with Crippen LogP contribution in [-0.2, 0) is 9.47 Å². The molecule has 130 valence electrons. The van der Waals surface area contributed by atoms with Crippen molar-refractivity contribution in [3.8, 4) is 0 Å². The van der Waals surface area contributed by atoms with Gasteiger partial charge in [-0.25, -0.2) is 0 Å². The third kappa shape index (κ3) is 3.26. The quantitative estimate of drug-likeness (QED) is 0.248. The summed E-state index contributed by atoms with van der Waals surface area (Å²) in [4.78, 5) is 0. The van der Waals surface area contributed by atoms with E-state index in [1.807, 2.05) is 0 Å². The van der Waals surface area contributed by atoms with E-state index in [-0.39, 0.29) is 13.0 Å². The molecular weight excluding hydrogens is 296 g/mol. The molecule has 10 heteroatoms. The van der Waals surface area contributed by atoms with Crippen LogP contribution in [0.3, 0.4) is 0 Å². The second-order valence-electron chi connectivity index (χ2n) is 5.98. The van der Waals surface area contributed by atoms with Gasteiger partial charge in [0.1, 0.15) is 30.5 Å². The molecule has 2 rings (SSSR count). The first kappa shape index (κ1) is 17.9. The van der Waals surface area contributed by atoms with E-state index in [0.717, 1.165) is 0 Å². The summed E-state index contributed by atoms with van der Waals surface area (Å²) in [5, 5.41) is 39.6. The number of aliphatic hydroxyl groups is 4. The molecule has 10 atom stereocenters. The lowest BCUT2D eigenvalue weighted by Gasteiger charge is -2.45. The van der Waals surface area contributed by atoms with E-state index < -0.39 is 61.0 Å². The van der Waals surface area contributed by atoms with E-state index in [2.05, 4.69) is 0 Å². The van der Waals surface area contributed by atoms with Crippen LogP contribution in [0, 0.1) is 0 Å². The van der Waals surface area contributed by atoms with Crippen molar-refractivity contribution < 1.29 is 29.9 Å². The molecule has 0 aromatic heterocycles. The second kappa shape index (κ2) is 7.01. The Labute approximate surface area is 128 Å². The molecule has 12 N–H and O–H groups in total. The molecule has 1 aliphatic carbocycles. The molecule has 22 heavy (non-hydrogen) atoms. The highest BCUT2D eigenvalue weighted by Gasteiger charge is 2.47. The number of hydrogen-bond acceptors (Lipinski definition) is 10. The van der Waals surface area contributed by atoms with Gasteiger partial charge in [-0.2, -0.15) is 0 Å². The molecule has 1 saturated heterocycles. The Balaban J connectivity index is 2.08. The Hall–Kier alpha value is -0.400. The van der Waals surface area contributed by atoms with E-state index >= 15 is 0 Å². The van der Waals surface area contributed by atoms with Crippen LogP contribution in [0.5, 0.6) is 0 Å². The van der Waals surface area contributed by atoms with Gasteiger partial charge in [-0.05, 0) is 6.42 Å². The van der Waals surface area contributed by atoms with E-state index in [9.17, 15) is 20.4 Å². The predicted molar refractivity (Wildman–Crippen MR) is 75.2 cm³/mol. The number of ether oxygens (including phenoxy) is 2. The topological polar surface area (TPSA) is 203 Å². The molecule has 1 saturated carbocycles. The standard InChI is InChI=1S/C12H26N4O6/c13-2-5-8(18)9(19)6(16)12(21-5)22-11-4(15)1-3(14)7(17)10(11)20/h3-12,17-20H,1-2,13-16H2/t3?,4?,5?,6-,7+,8-,9?,10?,11-,12-/m1/s1. The zero-order chi connectivity index (χ0) is 16.6. The molecule has 2 aliphatic rings. The van der Waals surface area contributed by atoms with Crippen LogP contribution in [0.2, 0.25) is 0 Å². The smallest absolute Gasteiger partial charge is 0.176 e. The van der Waals surface area contributed by atoms with Crippen LogP contribution in [0.15, 0.2) is 0 Å². The molecule has 0 amide bonds. The monoisotopic (exact) mass is 322 g/mol. The number of rotatable bonds is 3. The fourth-order valence-electron chi connectivity index (χ4n) is 2.89. The van der Waals surface area contributed by atoms with Crippen LogP contribution in [-0.4, -0.2) is 88.0 Å². The van der Waals surface area contributed by atoms with Gasteiger partial charge in [-0.1, -0.05) is 0 Å². The highest BCUT2D eigenvalue weighted by atomic mass is 16.7. The number of aliphatic hydroxyl groups excluding tert-OH is 4. The summed E-state index contributed by atoms with van der Waals surface area (Å²) in [7, 11) is 0. The van der Waals surface area contributed by atoms with Crippen molar-refractivity contribution >= 4 is 0 Å². The molecule has 1 heterocycles. The second-order valence-corrected chi connectivity index (χ2v) is 5.98. The first-order valence-electron chi connectivity index (χ1n) is 7.28. The van der Waals surface area contributed by atoms with Crippen molar-refractivity contribution in [2.45, 2.75) is 67.5 Å². The lowest BCUT2D eigenvalue weighted by molar-refractivity contribution is -0.287. The van der Waals surface area contributed by atoms with Crippen molar-refractivity contribution in [2.75, 3.05) is 6.54 Å². The lowest BCUT2D eigenvalue weighted by atomic mass is 9.84. The van der Waals surface area contributed by atoms with Crippen LogP contribution in [0.4, 0.5) is 0 Å². The zero-order valence-electron chi connectivity index (χ0n) is 12.1. The number of hydrogen-bond donors (Lipinski definition) is 8. The average Bonchev–Trinajstić information content (AvgIpc) is 2.49. The molecule has 0 aromatic rings. The van der Waals surface area contributed by atoms with Gasteiger partial charge in [0, 0.05) is 18.6 Å². The maximum atomic E-state index is 10.1.